The molecule has 0 saturated carbocycles. The van der Waals surface area contributed by atoms with Crippen molar-refractivity contribution in [1.29, 1.82) is 0 Å². The van der Waals surface area contributed by atoms with E-state index in [9.17, 15) is 4.79 Å². The third-order valence-corrected chi connectivity index (χ3v) is 3.20. The number of nitrogens with zero attached hydrogens (tertiary/aromatic N) is 1. The van der Waals surface area contributed by atoms with E-state index in [0.29, 0.717) is 0 Å². The topological polar surface area (TPSA) is 32.3 Å². The van der Waals surface area contributed by atoms with E-state index in [0.717, 1.165) is 49.3 Å². The van der Waals surface area contributed by atoms with Crippen LogP contribution >= 0.6 is 0 Å². The average Bonchev–Trinajstić information content (AvgIpc) is 2.42. The van der Waals surface area contributed by atoms with Crippen molar-refractivity contribution in [2.45, 2.75) is 40.5 Å². The number of benzene rings is 1. The summed E-state index contributed by atoms with van der Waals surface area (Å²) in [7, 11) is 0. The summed E-state index contributed by atoms with van der Waals surface area (Å²) >= 11 is 0. The van der Waals surface area contributed by atoms with E-state index in [1.165, 1.54) is 0 Å². The molecule has 1 amide bonds. The van der Waals surface area contributed by atoms with Gasteiger partial charge in [-0.2, -0.15) is 0 Å². The van der Waals surface area contributed by atoms with Crippen LogP contribution in [0.5, 0.6) is 0 Å². The third kappa shape index (κ3) is 4.27. The molecule has 0 atom stereocenters. The molecule has 0 spiro atoms. The molecule has 3 heteroatoms. The normalized spacial score (nSPS) is 10.3. The first kappa shape index (κ1) is 15.5. The Morgan fingerprint density at radius 1 is 1.21 bits per heavy atom. The number of rotatable bonds is 7. The van der Waals surface area contributed by atoms with Crippen LogP contribution in [0.4, 0.5) is 5.69 Å². The number of anilines is 1. The molecule has 1 N–H and O–H groups in total. The molecule has 0 aromatic heterocycles. The lowest BCUT2D eigenvalue weighted by molar-refractivity contribution is 0.0764. The smallest absolute Gasteiger partial charge is 0.253 e. The summed E-state index contributed by atoms with van der Waals surface area (Å²) in [6.45, 7) is 10.9. The zero-order valence-electron chi connectivity index (χ0n) is 12.6. The van der Waals surface area contributed by atoms with Gasteiger partial charge in [0.05, 0.1) is 0 Å². The van der Waals surface area contributed by atoms with Gasteiger partial charge in [0.15, 0.2) is 0 Å². The van der Waals surface area contributed by atoms with E-state index in [2.05, 4.69) is 19.2 Å². The lowest BCUT2D eigenvalue weighted by Gasteiger charge is -2.20. The first-order valence-electron chi connectivity index (χ1n) is 7.27. The molecule has 0 bridgehead atoms. The van der Waals surface area contributed by atoms with Crippen molar-refractivity contribution >= 4 is 11.6 Å². The minimum Gasteiger partial charge on any atom is -0.385 e. The fraction of sp³-hybridized carbons (Fsp3) is 0.562. The van der Waals surface area contributed by atoms with E-state index in [1.54, 1.807) is 0 Å². The summed E-state index contributed by atoms with van der Waals surface area (Å²) in [6, 6.07) is 5.92. The maximum absolute atomic E-state index is 12.3. The van der Waals surface area contributed by atoms with Crippen LogP contribution < -0.4 is 5.32 Å². The fourth-order valence-electron chi connectivity index (χ4n) is 2.11. The lowest BCUT2D eigenvalue weighted by Crippen LogP contribution is -2.31. The van der Waals surface area contributed by atoms with Gasteiger partial charge in [0.25, 0.3) is 5.91 Å². The Kier molecular flexibility index (Phi) is 6.40. The fourth-order valence-corrected chi connectivity index (χ4v) is 2.11. The molecular weight excluding hydrogens is 236 g/mol. The van der Waals surface area contributed by atoms with Crippen molar-refractivity contribution in [2.75, 3.05) is 25.0 Å². The van der Waals surface area contributed by atoms with Gasteiger partial charge in [0.2, 0.25) is 0 Å². The first-order chi connectivity index (χ1) is 9.13. The van der Waals surface area contributed by atoms with Crippen molar-refractivity contribution in [1.82, 2.24) is 4.90 Å². The molecule has 106 valence electrons. The molecule has 0 aliphatic carbocycles. The number of hydrogen-bond donors (Lipinski definition) is 1. The highest BCUT2D eigenvalue weighted by Crippen LogP contribution is 2.18. The minimum absolute atomic E-state index is 0.134. The van der Waals surface area contributed by atoms with Crippen LogP contribution in [-0.2, 0) is 0 Å². The molecule has 1 rings (SSSR count). The predicted molar refractivity (Wildman–Crippen MR) is 81.8 cm³/mol. The van der Waals surface area contributed by atoms with Crippen molar-refractivity contribution in [3.63, 3.8) is 0 Å². The summed E-state index contributed by atoms with van der Waals surface area (Å²) in [5.41, 5.74) is 3.04. The highest BCUT2D eigenvalue weighted by molar-refractivity contribution is 5.94. The zero-order chi connectivity index (χ0) is 14.3. The maximum Gasteiger partial charge on any atom is 0.253 e. The molecule has 0 fully saturated rings. The Morgan fingerprint density at radius 2 is 1.95 bits per heavy atom. The number of nitrogens with one attached hydrogen (secondary N) is 1. The van der Waals surface area contributed by atoms with Gasteiger partial charge in [0, 0.05) is 30.9 Å². The Hall–Kier alpha value is -1.51. The van der Waals surface area contributed by atoms with Crippen LogP contribution in [0.2, 0.25) is 0 Å². The van der Waals surface area contributed by atoms with E-state index in [1.807, 2.05) is 36.9 Å². The van der Waals surface area contributed by atoms with Gasteiger partial charge in [0.1, 0.15) is 0 Å². The second kappa shape index (κ2) is 7.82. The van der Waals surface area contributed by atoms with Gasteiger partial charge in [-0.1, -0.05) is 13.8 Å². The molecule has 0 radical (unpaired) electrons. The van der Waals surface area contributed by atoms with Crippen LogP contribution in [0, 0.1) is 6.92 Å². The summed E-state index contributed by atoms with van der Waals surface area (Å²) in [4.78, 5) is 14.2. The summed E-state index contributed by atoms with van der Waals surface area (Å²) in [6.07, 6.45) is 2.09. The minimum atomic E-state index is 0.134. The molecule has 0 unspecified atom stereocenters. The van der Waals surface area contributed by atoms with Gasteiger partial charge in [-0.05, 0) is 50.5 Å². The van der Waals surface area contributed by atoms with Gasteiger partial charge in [-0.25, -0.2) is 0 Å². The molecule has 3 nitrogen and oxygen atoms in total. The quantitative estimate of drug-likeness (QED) is 0.813. The van der Waals surface area contributed by atoms with Crippen LogP contribution in [-0.4, -0.2) is 30.4 Å². The highest BCUT2D eigenvalue weighted by Gasteiger charge is 2.13. The molecule has 0 aliphatic heterocycles. The average molecular weight is 262 g/mol. The number of carbonyl (C=O) groups excluding carboxylic acids is 1. The molecule has 0 saturated heterocycles. The number of carbonyl (C=O) groups is 1. The summed E-state index contributed by atoms with van der Waals surface area (Å²) < 4.78 is 0. The van der Waals surface area contributed by atoms with E-state index < -0.39 is 0 Å². The Balaban J connectivity index is 2.84. The van der Waals surface area contributed by atoms with Crippen LogP contribution in [0.15, 0.2) is 18.2 Å². The van der Waals surface area contributed by atoms with Crippen molar-refractivity contribution < 1.29 is 4.79 Å². The zero-order valence-corrected chi connectivity index (χ0v) is 12.6. The predicted octanol–water partition coefficient (Wildman–Crippen LogP) is 3.69. The van der Waals surface area contributed by atoms with Gasteiger partial charge >= 0.3 is 0 Å². The van der Waals surface area contributed by atoms with Crippen LogP contribution in [0.25, 0.3) is 0 Å². The van der Waals surface area contributed by atoms with Crippen LogP contribution in [0.1, 0.15) is 49.5 Å². The lowest BCUT2D eigenvalue weighted by atomic mass is 10.1. The van der Waals surface area contributed by atoms with Gasteiger partial charge in [-0.15, -0.1) is 0 Å². The molecule has 1 aromatic carbocycles. The molecule has 0 aliphatic rings. The second-order valence-electron chi connectivity index (χ2n) is 4.84. The second-order valence-corrected chi connectivity index (χ2v) is 4.84. The van der Waals surface area contributed by atoms with Crippen molar-refractivity contribution in [2.24, 2.45) is 0 Å². The summed E-state index contributed by atoms with van der Waals surface area (Å²) in [5.74, 6) is 0.134. The Labute approximate surface area is 117 Å². The number of amides is 1. The maximum atomic E-state index is 12.3. The standard InChI is InChI=1S/C16H26N2O/c1-5-10-17-15-9-8-14(12-13(15)4)16(19)18(7-3)11-6-2/h8-9,12,17H,5-7,10-11H2,1-4H3. The monoisotopic (exact) mass is 262 g/mol. The summed E-state index contributed by atoms with van der Waals surface area (Å²) in [5, 5.41) is 3.37. The van der Waals surface area contributed by atoms with Gasteiger partial charge < -0.3 is 10.2 Å². The van der Waals surface area contributed by atoms with E-state index >= 15 is 0 Å². The van der Waals surface area contributed by atoms with Crippen molar-refractivity contribution in [3.05, 3.63) is 29.3 Å². The van der Waals surface area contributed by atoms with Gasteiger partial charge in [-0.3, -0.25) is 4.79 Å². The molecule has 1 aromatic rings. The van der Waals surface area contributed by atoms with E-state index in [-0.39, 0.29) is 5.91 Å². The number of hydrogen-bond acceptors (Lipinski definition) is 2. The van der Waals surface area contributed by atoms with Crippen LogP contribution in [0.3, 0.4) is 0 Å². The Morgan fingerprint density at radius 3 is 2.47 bits per heavy atom. The SMILES string of the molecule is CCCNc1ccc(C(=O)N(CC)CCC)cc1C. The third-order valence-electron chi connectivity index (χ3n) is 3.20. The number of aryl methyl sites for hydroxylation is 1. The molecule has 0 heterocycles. The molecule has 19 heavy (non-hydrogen) atoms. The van der Waals surface area contributed by atoms with E-state index in [4.69, 9.17) is 0 Å². The van der Waals surface area contributed by atoms with Crippen molar-refractivity contribution in [3.8, 4) is 0 Å². The first-order valence-corrected chi connectivity index (χ1v) is 7.27. The molecular formula is C16H26N2O. The Bertz CT molecular complexity index is 415. The largest absolute Gasteiger partial charge is 0.385 e. The highest BCUT2D eigenvalue weighted by atomic mass is 16.2.